The summed E-state index contributed by atoms with van der Waals surface area (Å²) in [5, 5.41) is 12.2. The molecule has 4 fully saturated rings. The maximum Gasteiger partial charge on any atom is 0.187 e. The third-order valence-electron chi connectivity index (χ3n) is 17.2. The molecular weight excluding hydrogens is 1220 g/mol. The summed E-state index contributed by atoms with van der Waals surface area (Å²) in [6, 6.07) is 77.9. The molecule has 1 N–H and O–H groups in total. The average molecular weight is 1310 g/mol. The van der Waals surface area contributed by atoms with Gasteiger partial charge in [0.15, 0.2) is 18.9 Å². The highest BCUT2D eigenvalue weighted by Gasteiger charge is 2.56. The zero-order chi connectivity index (χ0) is 64.8. The van der Waals surface area contributed by atoms with Crippen LogP contribution in [0.5, 0.6) is 0 Å². The van der Waals surface area contributed by atoms with E-state index in [1.165, 1.54) is 0 Å². The lowest BCUT2D eigenvalue weighted by molar-refractivity contribution is -0.389. The van der Waals surface area contributed by atoms with E-state index in [1.54, 1.807) is 18.9 Å². The molecule has 0 spiro atoms. The van der Waals surface area contributed by atoms with Crippen molar-refractivity contribution >= 4 is 11.8 Å². The summed E-state index contributed by atoms with van der Waals surface area (Å²) in [6.45, 7) is 4.44. The minimum atomic E-state index is -1.13. The monoisotopic (exact) mass is 1310 g/mol. The maximum atomic E-state index is 12.2. The van der Waals surface area contributed by atoms with Gasteiger partial charge in [-0.1, -0.05) is 244 Å². The fourth-order valence-corrected chi connectivity index (χ4v) is 13.4. The molecule has 4 aliphatic heterocycles. The molecule has 500 valence electrons. The Morgan fingerprint density at radius 2 is 0.800 bits per heavy atom. The van der Waals surface area contributed by atoms with Crippen LogP contribution in [-0.4, -0.2) is 129 Å². The van der Waals surface area contributed by atoms with Crippen molar-refractivity contribution < 1.29 is 76.2 Å². The van der Waals surface area contributed by atoms with Gasteiger partial charge >= 0.3 is 0 Å². The van der Waals surface area contributed by atoms with E-state index in [1.807, 2.05) is 237 Å². The third-order valence-corrected chi connectivity index (χ3v) is 18.3. The first-order chi connectivity index (χ1) is 46.9. The van der Waals surface area contributed by atoms with Crippen LogP contribution >= 0.6 is 11.8 Å². The minimum Gasteiger partial charge on any atom is -0.387 e. The molecule has 16 nitrogen and oxygen atoms in total. The van der Waals surface area contributed by atoms with Crippen LogP contribution in [0, 0.1) is 0 Å². The number of aliphatic hydroxyl groups excluding tert-OH is 1. The number of aliphatic hydroxyl groups is 1. The molecule has 4 aliphatic rings. The molecule has 0 saturated carbocycles. The number of thioether (sulfide) groups is 1. The van der Waals surface area contributed by atoms with Gasteiger partial charge in [-0.05, 0) is 50.3 Å². The molecule has 0 bridgehead atoms. The Morgan fingerprint density at radius 3 is 1.32 bits per heavy atom. The summed E-state index contributed by atoms with van der Waals surface area (Å²) in [5.41, 5.74) is 7.96. The van der Waals surface area contributed by atoms with Crippen LogP contribution in [0.15, 0.2) is 237 Å². The molecule has 0 radical (unpaired) electrons. The van der Waals surface area contributed by atoms with E-state index in [9.17, 15) is 5.11 Å². The van der Waals surface area contributed by atoms with E-state index >= 15 is 0 Å². The first kappa shape index (κ1) is 68.4. The van der Waals surface area contributed by atoms with Gasteiger partial charge in [0.05, 0.1) is 72.7 Å². The molecule has 16 atom stereocenters. The van der Waals surface area contributed by atoms with Crippen molar-refractivity contribution in [1.82, 2.24) is 0 Å². The Balaban J connectivity index is 0.826. The van der Waals surface area contributed by atoms with E-state index in [4.69, 9.17) is 71.1 Å². The number of ether oxygens (including phenoxy) is 15. The Hall–Kier alpha value is -6.53. The van der Waals surface area contributed by atoms with Crippen LogP contribution in [0.3, 0.4) is 0 Å². The van der Waals surface area contributed by atoms with Crippen molar-refractivity contribution in [3.05, 3.63) is 287 Å². The number of fused-ring (bicyclic) bond motifs is 1. The van der Waals surface area contributed by atoms with Gasteiger partial charge in [0.25, 0.3) is 0 Å². The molecule has 4 heterocycles. The number of rotatable bonds is 32. The SMILES string of the molecule is CCS[C@@H]1O[C@H](COCc2cccc(CO[C@@H]3[C@H](O)[C@@H](OCc4ccccc4)[C@@H](OC)O[C@@H]3COCc3ccccc3)c2)[C@@H](O[C@H]2O[C@@H]3CO[C@@H](c4ccccc4)O[C@H]3[C@H](OCc3ccccc3)[C@H]2OCc2ccccc2)[C@H](OCc2ccccc2)[C@H]1OCc1ccccc1. The molecule has 12 rings (SSSR count). The van der Waals surface area contributed by atoms with Crippen molar-refractivity contribution in [3.8, 4) is 0 Å². The quantitative estimate of drug-likeness (QED) is 0.0424. The summed E-state index contributed by atoms with van der Waals surface area (Å²) in [6.07, 6.45) is -12.1. The topological polar surface area (TPSA) is 159 Å². The Morgan fingerprint density at radius 1 is 0.389 bits per heavy atom. The van der Waals surface area contributed by atoms with E-state index in [0.717, 1.165) is 55.8 Å². The van der Waals surface area contributed by atoms with E-state index < -0.39 is 97.6 Å². The van der Waals surface area contributed by atoms with Crippen molar-refractivity contribution in [3.63, 3.8) is 0 Å². The molecule has 8 aromatic carbocycles. The molecule has 8 aromatic rings. The van der Waals surface area contributed by atoms with Gasteiger partial charge in [-0.25, -0.2) is 0 Å². The highest BCUT2D eigenvalue weighted by Crippen LogP contribution is 2.41. The second-order valence-corrected chi connectivity index (χ2v) is 25.4. The van der Waals surface area contributed by atoms with Crippen LogP contribution in [0.2, 0.25) is 0 Å². The predicted octanol–water partition coefficient (Wildman–Crippen LogP) is 12.7. The molecule has 0 unspecified atom stereocenters. The molecule has 4 saturated heterocycles. The number of hydrogen-bond donors (Lipinski definition) is 1. The summed E-state index contributed by atoms with van der Waals surface area (Å²) >= 11 is 1.64. The van der Waals surface area contributed by atoms with Crippen molar-refractivity contribution in [2.75, 3.05) is 32.7 Å². The zero-order valence-electron chi connectivity index (χ0n) is 53.7. The minimum absolute atomic E-state index is 0.0807. The van der Waals surface area contributed by atoms with Gasteiger partial charge in [0.2, 0.25) is 0 Å². The summed E-state index contributed by atoms with van der Waals surface area (Å²) in [7, 11) is 1.54. The number of benzene rings is 8. The Labute approximate surface area is 561 Å². The van der Waals surface area contributed by atoms with Gasteiger partial charge in [-0.3, -0.25) is 0 Å². The van der Waals surface area contributed by atoms with E-state index in [-0.39, 0.29) is 59.5 Å². The molecule has 17 heteroatoms. The Bertz CT molecular complexity index is 3440. The molecule has 95 heavy (non-hydrogen) atoms. The first-order valence-corrected chi connectivity index (χ1v) is 33.9. The van der Waals surface area contributed by atoms with Crippen LogP contribution in [-0.2, 0) is 124 Å². The van der Waals surface area contributed by atoms with Crippen LogP contribution in [0.1, 0.15) is 63.3 Å². The third kappa shape index (κ3) is 19.0. The maximum absolute atomic E-state index is 12.2. The standard InChI is InChI=1S/C78H86O16S/c1-3-95-78-74(88-49-59-36-21-9-22-37-59)72(86-47-57-32-17-7-18-33-57)68(94-77-73(87-48-58-34-19-8-20-35-58)71(85-46-56-30-15-6-16-31-56)69-65(91-77)53-89-75(93-69)62-40-23-10-24-41-62)64(92-78)52-82-44-60-38-25-39-61(42-60)50-83-67-63(51-81-43-54-26-11-4-12-27-54)90-76(80-2)70(66(67)79)84-45-55-28-13-5-14-29-55/h4-42,63-79H,3,43-53H2,1-2H3/t63-,64-,65-,66+,67+,68-,69-,70-,71+,72+,73-,74-,75-,76+,77-,78+/m1/s1. The molecule has 0 aromatic heterocycles. The van der Waals surface area contributed by atoms with Crippen molar-refractivity contribution in [2.45, 2.75) is 157 Å². The fourth-order valence-electron chi connectivity index (χ4n) is 12.4. The predicted molar refractivity (Wildman–Crippen MR) is 358 cm³/mol. The molecular formula is C78H86O16S. The normalized spacial score (nSPS) is 27.6. The van der Waals surface area contributed by atoms with Gasteiger partial charge in [-0.2, -0.15) is 0 Å². The van der Waals surface area contributed by atoms with Gasteiger partial charge in [-0.15, -0.1) is 11.8 Å². The molecule has 0 amide bonds. The van der Waals surface area contributed by atoms with Gasteiger partial charge in [0.1, 0.15) is 78.7 Å². The van der Waals surface area contributed by atoms with Crippen molar-refractivity contribution in [2.24, 2.45) is 0 Å². The summed E-state index contributed by atoms with van der Waals surface area (Å²) in [5.74, 6) is 0.726. The highest BCUT2D eigenvalue weighted by molar-refractivity contribution is 7.99. The highest BCUT2D eigenvalue weighted by atomic mass is 32.2. The second kappa shape index (κ2) is 35.6. The van der Waals surface area contributed by atoms with Gasteiger partial charge < -0.3 is 76.2 Å². The first-order valence-electron chi connectivity index (χ1n) is 32.9. The van der Waals surface area contributed by atoms with Crippen LogP contribution in [0.25, 0.3) is 0 Å². The van der Waals surface area contributed by atoms with Gasteiger partial charge in [0, 0.05) is 12.7 Å². The second-order valence-electron chi connectivity index (χ2n) is 24.0. The van der Waals surface area contributed by atoms with Crippen LogP contribution in [0.4, 0.5) is 0 Å². The fraction of sp³-hybridized carbons (Fsp3) is 0.385. The largest absolute Gasteiger partial charge is 0.387 e. The van der Waals surface area contributed by atoms with E-state index in [2.05, 4.69) is 6.92 Å². The lowest BCUT2D eigenvalue weighted by atomic mass is 9.95. The smallest absolute Gasteiger partial charge is 0.187 e. The molecule has 0 aliphatic carbocycles. The average Bonchev–Trinajstić information content (AvgIpc) is 0.794. The van der Waals surface area contributed by atoms with Crippen molar-refractivity contribution in [1.29, 1.82) is 0 Å². The summed E-state index contributed by atoms with van der Waals surface area (Å²) in [4.78, 5) is 0. The number of methoxy groups -OCH3 is 1. The van der Waals surface area contributed by atoms with E-state index in [0.29, 0.717) is 13.2 Å². The Kier molecular flexibility index (Phi) is 25.7. The number of hydrogen-bond acceptors (Lipinski definition) is 17. The lowest BCUT2D eigenvalue weighted by Gasteiger charge is -2.51. The summed E-state index contributed by atoms with van der Waals surface area (Å²) < 4.78 is 102. The lowest BCUT2D eigenvalue weighted by Crippen LogP contribution is -2.66. The zero-order valence-corrected chi connectivity index (χ0v) is 54.5. The van der Waals surface area contributed by atoms with Crippen LogP contribution < -0.4 is 0 Å².